The molecule has 0 radical (unpaired) electrons. The third-order valence-electron chi connectivity index (χ3n) is 2.64. The average Bonchev–Trinajstić information content (AvgIpc) is 2.55. The highest BCUT2D eigenvalue weighted by Gasteiger charge is 2.29. The lowest BCUT2D eigenvalue weighted by atomic mass is 10.2. The Hall–Kier alpha value is -1.60. The molecule has 0 fully saturated rings. The summed E-state index contributed by atoms with van der Waals surface area (Å²) in [4.78, 5) is 13.6. The topological polar surface area (TPSA) is 90.5 Å². The molecule has 6 nitrogen and oxygen atoms in total. The number of sulfonamides is 1. The number of carboxylic acids is 1. The van der Waals surface area contributed by atoms with E-state index in [4.69, 9.17) is 5.11 Å². The Kier molecular flexibility index (Phi) is 3.98. The van der Waals surface area contributed by atoms with E-state index in [1.807, 2.05) is 0 Å². The van der Waals surface area contributed by atoms with E-state index in [0.29, 0.717) is 5.69 Å². The Balaban J connectivity index is 3.42. The number of rotatable bonds is 5. The Bertz CT molecular complexity index is 586. The molecular weight excluding hydrogens is 256 g/mol. The molecule has 18 heavy (non-hydrogen) atoms. The van der Waals surface area contributed by atoms with Crippen LogP contribution in [0.3, 0.4) is 0 Å². The van der Waals surface area contributed by atoms with Gasteiger partial charge in [-0.1, -0.05) is 6.08 Å². The van der Waals surface area contributed by atoms with Gasteiger partial charge in [0.05, 0.1) is 0 Å². The Morgan fingerprint density at radius 2 is 2.06 bits per heavy atom. The van der Waals surface area contributed by atoms with Crippen LogP contribution in [0.2, 0.25) is 0 Å². The fourth-order valence-electron chi connectivity index (χ4n) is 1.77. The molecule has 1 heterocycles. The standard InChI is InChI=1S/C11H16N2O4S/c1-5-6-13(4)18(16,17)10-7(2)9(11(14)15)12-8(10)3/h5,12H,1,6H2,2-4H3,(H,14,15). The first kappa shape index (κ1) is 14.5. The van der Waals surface area contributed by atoms with Crippen molar-refractivity contribution in [1.82, 2.24) is 9.29 Å². The number of aryl methyl sites for hydroxylation is 1. The smallest absolute Gasteiger partial charge is 0.352 e. The van der Waals surface area contributed by atoms with Gasteiger partial charge < -0.3 is 10.1 Å². The highest BCUT2D eigenvalue weighted by atomic mass is 32.2. The summed E-state index contributed by atoms with van der Waals surface area (Å²) in [5.74, 6) is -1.18. The second kappa shape index (κ2) is 4.95. The maximum absolute atomic E-state index is 12.3. The van der Waals surface area contributed by atoms with Crippen LogP contribution < -0.4 is 0 Å². The van der Waals surface area contributed by atoms with Gasteiger partial charge >= 0.3 is 5.97 Å². The van der Waals surface area contributed by atoms with E-state index in [9.17, 15) is 13.2 Å². The number of aromatic carboxylic acids is 1. The van der Waals surface area contributed by atoms with Gasteiger partial charge in [-0.05, 0) is 13.8 Å². The Morgan fingerprint density at radius 3 is 2.44 bits per heavy atom. The molecule has 1 aromatic heterocycles. The Labute approximate surface area is 106 Å². The molecule has 0 saturated heterocycles. The molecule has 0 saturated carbocycles. The molecule has 0 aliphatic rings. The van der Waals surface area contributed by atoms with Crippen molar-refractivity contribution in [1.29, 1.82) is 0 Å². The van der Waals surface area contributed by atoms with Gasteiger partial charge in [-0.15, -0.1) is 6.58 Å². The molecule has 0 unspecified atom stereocenters. The number of carboxylic acid groups (broad SMARTS) is 1. The molecule has 0 spiro atoms. The number of nitrogens with zero attached hydrogens (tertiary/aromatic N) is 1. The molecule has 0 aliphatic carbocycles. The molecule has 7 heteroatoms. The van der Waals surface area contributed by atoms with Crippen molar-refractivity contribution in [3.05, 3.63) is 29.6 Å². The average molecular weight is 272 g/mol. The van der Waals surface area contributed by atoms with Crippen LogP contribution >= 0.6 is 0 Å². The normalized spacial score (nSPS) is 11.8. The minimum Gasteiger partial charge on any atom is -0.477 e. The quantitative estimate of drug-likeness (QED) is 0.786. The molecule has 0 bridgehead atoms. The number of likely N-dealkylation sites (N-methyl/N-ethyl adjacent to an activating group) is 1. The fourth-order valence-corrected chi connectivity index (χ4v) is 3.31. The van der Waals surface area contributed by atoms with Gasteiger partial charge in [-0.3, -0.25) is 0 Å². The predicted molar refractivity (Wildman–Crippen MR) is 67.2 cm³/mol. The van der Waals surface area contributed by atoms with Gasteiger partial charge in [-0.2, -0.15) is 4.31 Å². The van der Waals surface area contributed by atoms with E-state index in [1.165, 1.54) is 27.0 Å². The second-order valence-corrected chi connectivity index (χ2v) is 5.94. The van der Waals surface area contributed by atoms with Crippen molar-refractivity contribution < 1.29 is 18.3 Å². The molecule has 1 aromatic rings. The van der Waals surface area contributed by atoms with E-state index in [2.05, 4.69) is 11.6 Å². The van der Waals surface area contributed by atoms with Crippen molar-refractivity contribution in [2.24, 2.45) is 0 Å². The predicted octanol–water partition coefficient (Wildman–Crippen LogP) is 1.14. The van der Waals surface area contributed by atoms with Crippen molar-refractivity contribution >= 4 is 16.0 Å². The third-order valence-corrected chi connectivity index (χ3v) is 4.74. The number of aromatic nitrogens is 1. The van der Waals surface area contributed by atoms with Crippen molar-refractivity contribution in [2.45, 2.75) is 18.7 Å². The summed E-state index contributed by atoms with van der Waals surface area (Å²) in [5.41, 5.74) is 0.440. The van der Waals surface area contributed by atoms with Crippen molar-refractivity contribution in [2.75, 3.05) is 13.6 Å². The van der Waals surface area contributed by atoms with Gasteiger partial charge in [0.1, 0.15) is 10.6 Å². The summed E-state index contributed by atoms with van der Waals surface area (Å²) in [6.45, 7) is 6.65. The summed E-state index contributed by atoms with van der Waals surface area (Å²) in [6, 6.07) is 0. The van der Waals surface area contributed by atoms with Crippen LogP contribution in [-0.4, -0.2) is 42.4 Å². The van der Waals surface area contributed by atoms with E-state index in [-0.39, 0.29) is 22.7 Å². The van der Waals surface area contributed by atoms with Crippen LogP contribution in [0.25, 0.3) is 0 Å². The third kappa shape index (κ3) is 2.32. The maximum atomic E-state index is 12.3. The van der Waals surface area contributed by atoms with E-state index < -0.39 is 16.0 Å². The van der Waals surface area contributed by atoms with Crippen LogP contribution in [0.5, 0.6) is 0 Å². The number of hydrogen-bond acceptors (Lipinski definition) is 3. The summed E-state index contributed by atoms with van der Waals surface area (Å²) in [7, 11) is -2.29. The zero-order valence-corrected chi connectivity index (χ0v) is 11.3. The van der Waals surface area contributed by atoms with Crippen LogP contribution in [0.15, 0.2) is 17.6 Å². The van der Waals surface area contributed by atoms with Gasteiger partial charge in [0.15, 0.2) is 0 Å². The van der Waals surface area contributed by atoms with E-state index >= 15 is 0 Å². The largest absolute Gasteiger partial charge is 0.477 e. The molecule has 1 rings (SSSR count). The lowest BCUT2D eigenvalue weighted by Gasteiger charge is -2.15. The number of nitrogens with one attached hydrogen (secondary N) is 1. The first-order valence-corrected chi connectivity index (χ1v) is 6.67. The molecule has 0 amide bonds. The van der Waals surface area contributed by atoms with Gasteiger partial charge in [0.25, 0.3) is 0 Å². The number of H-pyrrole nitrogens is 1. The maximum Gasteiger partial charge on any atom is 0.352 e. The van der Waals surface area contributed by atoms with Crippen LogP contribution in [0.1, 0.15) is 21.7 Å². The van der Waals surface area contributed by atoms with Crippen LogP contribution in [-0.2, 0) is 10.0 Å². The summed E-state index contributed by atoms with van der Waals surface area (Å²) < 4.78 is 25.6. The first-order valence-electron chi connectivity index (χ1n) is 5.23. The zero-order valence-electron chi connectivity index (χ0n) is 10.5. The van der Waals surface area contributed by atoms with Gasteiger partial charge in [0.2, 0.25) is 10.0 Å². The first-order chi connectivity index (χ1) is 8.23. The van der Waals surface area contributed by atoms with Crippen LogP contribution in [0.4, 0.5) is 0 Å². The highest BCUT2D eigenvalue weighted by Crippen LogP contribution is 2.25. The van der Waals surface area contributed by atoms with E-state index in [0.717, 1.165) is 4.31 Å². The lowest BCUT2D eigenvalue weighted by molar-refractivity contribution is 0.0690. The van der Waals surface area contributed by atoms with E-state index in [1.54, 1.807) is 0 Å². The molecule has 0 atom stereocenters. The molecule has 0 aliphatic heterocycles. The summed E-state index contributed by atoms with van der Waals surface area (Å²) in [5, 5.41) is 8.96. The summed E-state index contributed by atoms with van der Waals surface area (Å²) in [6.07, 6.45) is 1.47. The molecule has 2 N–H and O–H groups in total. The van der Waals surface area contributed by atoms with Crippen LogP contribution in [0, 0.1) is 13.8 Å². The summed E-state index contributed by atoms with van der Waals surface area (Å²) >= 11 is 0. The molecule has 100 valence electrons. The SMILES string of the molecule is C=CCN(C)S(=O)(=O)c1c(C)[nH]c(C(=O)O)c1C. The number of aromatic amines is 1. The lowest BCUT2D eigenvalue weighted by Crippen LogP contribution is -2.27. The number of carbonyl (C=O) groups is 1. The minimum atomic E-state index is -3.71. The van der Waals surface area contributed by atoms with Crippen molar-refractivity contribution in [3.63, 3.8) is 0 Å². The van der Waals surface area contributed by atoms with Gasteiger partial charge in [0, 0.05) is 24.8 Å². The highest BCUT2D eigenvalue weighted by molar-refractivity contribution is 7.89. The Morgan fingerprint density at radius 1 is 1.50 bits per heavy atom. The fraction of sp³-hybridized carbons (Fsp3) is 0.364. The zero-order chi connectivity index (χ0) is 14.1. The minimum absolute atomic E-state index is 0.0178. The monoisotopic (exact) mass is 272 g/mol. The van der Waals surface area contributed by atoms with Gasteiger partial charge in [-0.25, -0.2) is 13.2 Å². The molecule has 0 aromatic carbocycles. The second-order valence-electron chi connectivity index (χ2n) is 3.96. The number of hydrogen-bond donors (Lipinski definition) is 2. The molecular formula is C11H16N2O4S. The van der Waals surface area contributed by atoms with Crippen molar-refractivity contribution in [3.8, 4) is 0 Å².